The molecule has 3 aliphatic rings. The second-order valence-electron chi connectivity index (χ2n) is 9.52. The Balaban J connectivity index is 1.22. The Morgan fingerprint density at radius 3 is 2.58 bits per heavy atom. The molecule has 9 heteroatoms. The smallest absolute Gasteiger partial charge is 0.259 e. The summed E-state index contributed by atoms with van der Waals surface area (Å²) in [6.07, 6.45) is 1.86. The molecule has 2 fully saturated rings. The van der Waals surface area contributed by atoms with Crippen molar-refractivity contribution in [3.63, 3.8) is 0 Å². The number of hydrogen-bond acceptors (Lipinski definition) is 9. The first kappa shape index (κ1) is 24.7. The molecular formula is C27H35N5O4. The van der Waals surface area contributed by atoms with Crippen molar-refractivity contribution in [1.82, 2.24) is 14.8 Å². The van der Waals surface area contributed by atoms with Crippen molar-refractivity contribution >= 4 is 23.1 Å². The highest BCUT2D eigenvalue weighted by Gasteiger charge is 2.40. The quantitative estimate of drug-likeness (QED) is 0.582. The van der Waals surface area contributed by atoms with Crippen LogP contribution in [0.3, 0.4) is 0 Å². The number of ether oxygens (including phenoxy) is 2. The molecule has 9 nitrogen and oxygen atoms in total. The van der Waals surface area contributed by atoms with Crippen LogP contribution in [0.15, 0.2) is 30.5 Å². The van der Waals surface area contributed by atoms with Crippen molar-refractivity contribution in [3.05, 3.63) is 47.2 Å². The Labute approximate surface area is 212 Å². The molecule has 1 aromatic heterocycles. The van der Waals surface area contributed by atoms with E-state index in [0.29, 0.717) is 37.6 Å². The molecule has 0 spiro atoms. The number of carbonyl (C=O) groups is 2. The largest absolute Gasteiger partial charge is 0.466 e. The van der Waals surface area contributed by atoms with Gasteiger partial charge in [0, 0.05) is 58.6 Å². The van der Waals surface area contributed by atoms with Gasteiger partial charge < -0.3 is 19.7 Å². The molecule has 0 amide bonds. The van der Waals surface area contributed by atoms with Gasteiger partial charge in [0.05, 0.1) is 24.5 Å². The number of benzene rings is 1. The summed E-state index contributed by atoms with van der Waals surface area (Å²) in [5.41, 5.74) is 3.57. The molecule has 1 aromatic carbocycles. The monoisotopic (exact) mass is 493 g/mol. The summed E-state index contributed by atoms with van der Waals surface area (Å²) in [4.78, 5) is 36.9. The van der Waals surface area contributed by atoms with E-state index in [1.807, 2.05) is 30.2 Å². The maximum atomic E-state index is 12.8. The number of piperazine rings is 1. The number of ketones is 2. The number of anilines is 2. The van der Waals surface area contributed by atoms with Gasteiger partial charge in [-0.05, 0) is 49.6 Å². The Kier molecular flexibility index (Phi) is 7.50. The number of morpholine rings is 1. The summed E-state index contributed by atoms with van der Waals surface area (Å²) in [7, 11) is 0. The van der Waals surface area contributed by atoms with E-state index in [0.717, 1.165) is 68.3 Å². The molecule has 3 aliphatic heterocycles. The van der Waals surface area contributed by atoms with E-state index in [-0.39, 0.29) is 0 Å². The summed E-state index contributed by atoms with van der Waals surface area (Å²) in [6.45, 7) is 11.9. The van der Waals surface area contributed by atoms with E-state index in [4.69, 9.17) is 9.47 Å². The van der Waals surface area contributed by atoms with Crippen LogP contribution in [-0.2, 0) is 16.0 Å². The lowest BCUT2D eigenvalue weighted by atomic mass is 9.94. The highest BCUT2D eigenvalue weighted by Crippen LogP contribution is 2.33. The first-order valence-corrected chi connectivity index (χ1v) is 12.9. The minimum Gasteiger partial charge on any atom is -0.466 e. The van der Waals surface area contributed by atoms with Crippen LogP contribution in [0.5, 0.6) is 5.75 Å². The van der Waals surface area contributed by atoms with Crippen LogP contribution in [0.1, 0.15) is 28.4 Å². The molecule has 2 aromatic rings. The zero-order valence-corrected chi connectivity index (χ0v) is 21.2. The van der Waals surface area contributed by atoms with Gasteiger partial charge in [0.2, 0.25) is 12.0 Å². The molecular weight excluding hydrogens is 458 g/mol. The second-order valence-corrected chi connectivity index (χ2v) is 9.52. The lowest BCUT2D eigenvalue weighted by molar-refractivity contribution is -0.134. The lowest BCUT2D eigenvalue weighted by Gasteiger charge is -2.37. The average molecular weight is 494 g/mol. The van der Waals surface area contributed by atoms with Gasteiger partial charge in [-0.2, -0.15) is 0 Å². The number of rotatable bonds is 7. The van der Waals surface area contributed by atoms with Crippen LogP contribution < -0.4 is 15.0 Å². The molecule has 0 saturated carbocycles. The molecule has 4 heterocycles. The van der Waals surface area contributed by atoms with Gasteiger partial charge in [0.15, 0.2) is 5.82 Å². The molecule has 1 N–H and O–H groups in total. The van der Waals surface area contributed by atoms with Crippen LogP contribution in [0, 0.1) is 6.92 Å². The maximum absolute atomic E-state index is 12.8. The first-order valence-electron chi connectivity index (χ1n) is 12.9. The zero-order chi connectivity index (χ0) is 25.1. The van der Waals surface area contributed by atoms with Crippen molar-refractivity contribution in [2.75, 3.05) is 75.8 Å². The third-order valence-electron chi connectivity index (χ3n) is 7.34. The van der Waals surface area contributed by atoms with Gasteiger partial charge >= 0.3 is 0 Å². The topological polar surface area (TPSA) is 87.2 Å². The van der Waals surface area contributed by atoms with Crippen LogP contribution >= 0.6 is 0 Å². The lowest BCUT2D eigenvalue weighted by Crippen LogP contribution is -2.54. The van der Waals surface area contributed by atoms with Gasteiger partial charge in [0.25, 0.3) is 5.78 Å². The fraction of sp³-hybridized carbons (Fsp3) is 0.519. The Morgan fingerprint density at radius 1 is 1.06 bits per heavy atom. The fourth-order valence-electron chi connectivity index (χ4n) is 5.24. The van der Waals surface area contributed by atoms with Gasteiger partial charge in [-0.15, -0.1) is 0 Å². The van der Waals surface area contributed by atoms with Crippen molar-refractivity contribution in [1.29, 1.82) is 0 Å². The van der Waals surface area contributed by atoms with Crippen LogP contribution in [-0.4, -0.2) is 98.2 Å². The summed E-state index contributed by atoms with van der Waals surface area (Å²) in [5, 5.41) is 3.41. The molecule has 0 bridgehead atoms. The third-order valence-corrected chi connectivity index (χ3v) is 7.34. The summed E-state index contributed by atoms with van der Waals surface area (Å²) in [6, 6.07) is 7.79. The molecule has 5 rings (SSSR count). The molecule has 0 aliphatic carbocycles. The average Bonchev–Trinajstić information content (AvgIpc) is 2.92. The third kappa shape index (κ3) is 4.96. The zero-order valence-electron chi connectivity index (χ0n) is 21.2. The number of carbonyl (C=O) groups excluding carboxylic acids is 2. The predicted molar refractivity (Wildman–Crippen MR) is 138 cm³/mol. The van der Waals surface area contributed by atoms with Crippen molar-refractivity contribution in [3.8, 4) is 5.75 Å². The van der Waals surface area contributed by atoms with E-state index in [2.05, 4.69) is 33.1 Å². The van der Waals surface area contributed by atoms with Gasteiger partial charge in [-0.25, -0.2) is 4.98 Å². The van der Waals surface area contributed by atoms with Crippen molar-refractivity contribution in [2.24, 2.45) is 0 Å². The fourth-order valence-corrected chi connectivity index (χ4v) is 5.24. The van der Waals surface area contributed by atoms with Gasteiger partial charge in [0.1, 0.15) is 5.75 Å². The molecule has 36 heavy (non-hydrogen) atoms. The number of Topliss-reactive ketones (excluding diaryl/α,β-unsaturated/α-hetero) is 2. The Morgan fingerprint density at radius 2 is 1.83 bits per heavy atom. The van der Waals surface area contributed by atoms with Crippen molar-refractivity contribution in [2.45, 2.75) is 26.5 Å². The minimum atomic E-state index is -0.852. The normalized spacial score (nSPS) is 21.3. The number of hydrogen-bond donors (Lipinski definition) is 1. The highest BCUT2D eigenvalue weighted by atomic mass is 16.5. The maximum Gasteiger partial charge on any atom is 0.259 e. The molecule has 192 valence electrons. The Hall–Kier alpha value is -3.01. The number of fused-ring (bicyclic) bond motifs is 1. The van der Waals surface area contributed by atoms with Gasteiger partial charge in [-0.1, -0.05) is 6.07 Å². The molecule has 1 unspecified atom stereocenters. The first-order chi connectivity index (χ1) is 17.6. The SMILES string of the molecule is CCNc1cccnc1N1CCN(CCc2ccc3c(c2C)OC(N2CCOCC2)C(=O)C3=O)CC1. The molecule has 2 saturated heterocycles. The van der Waals surface area contributed by atoms with Crippen molar-refractivity contribution < 1.29 is 19.1 Å². The summed E-state index contributed by atoms with van der Waals surface area (Å²) < 4.78 is 11.6. The van der Waals surface area contributed by atoms with Crippen LogP contribution in [0.25, 0.3) is 0 Å². The number of aromatic nitrogens is 1. The minimum absolute atomic E-state index is 0.381. The highest BCUT2D eigenvalue weighted by molar-refractivity contribution is 6.46. The number of nitrogens with zero attached hydrogens (tertiary/aromatic N) is 4. The Bertz CT molecular complexity index is 1110. The second kappa shape index (κ2) is 10.9. The molecule has 0 radical (unpaired) electrons. The van der Waals surface area contributed by atoms with Gasteiger partial charge in [-0.3, -0.25) is 19.4 Å². The van der Waals surface area contributed by atoms with E-state index < -0.39 is 17.8 Å². The number of pyridine rings is 1. The van der Waals surface area contributed by atoms with Crippen LogP contribution in [0.2, 0.25) is 0 Å². The van der Waals surface area contributed by atoms with Crippen LogP contribution in [0.4, 0.5) is 11.5 Å². The van der Waals surface area contributed by atoms with E-state index >= 15 is 0 Å². The summed E-state index contributed by atoms with van der Waals surface area (Å²) >= 11 is 0. The van der Waals surface area contributed by atoms with E-state index in [1.165, 1.54) is 0 Å². The van der Waals surface area contributed by atoms with E-state index in [1.54, 1.807) is 6.07 Å². The van der Waals surface area contributed by atoms with E-state index in [9.17, 15) is 9.59 Å². The standard InChI is InChI=1S/C27H35N5O4/c1-3-28-22-5-4-9-29-26(22)31-13-11-30(12-14-31)10-8-20-6-7-21-23(33)24(34)27(36-25(21)19(20)2)32-15-17-35-18-16-32/h4-7,9,27-28H,3,8,10-18H2,1-2H3. The predicted octanol–water partition coefficient (Wildman–Crippen LogP) is 1.99. The molecule has 1 atom stereocenters. The summed E-state index contributed by atoms with van der Waals surface area (Å²) in [5.74, 6) is 0.643. The number of nitrogens with one attached hydrogen (secondary N) is 1.